The van der Waals surface area contributed by atoms with E-state index in [4.69, 9.17) is 9.47 Å². The van der Waals surface area contributed by atoms with Gasteiger partial charge in [-0.3, -0.25) is 0 Å². The Kier molecular flexibility index (Phi) is 4.12. The Hall–Kier alpha value is -1.59. The highest BCUT2D eigenvalue weighted by atomic mass is 79.9. The van der Waals surface area contributed by atoms with Gasteiger partial charge in [0.15, 0.2) is 17.6 Å². The lowest BCUT2D eigenvalue weighted by Gasteiger charge is -2.32. The normalized spacial score (nSPS) is 18.3. The van der Waals surface area contributed by atoms with Gasteiger partial charge in [0.05, 0.1) is 10.5 Å². The van der Waals surface area contributed by atoms with E-state index in [0.717, 1.165) is 5.75 Å². The highest BCUT2D eigenvalue weighted by Gasteiger charge is 2.31. The SMILES string of the molecule is CNC(c1cccc(Br)c1F)C1COc2ccccc2O1. The quantitative estimate of drug-likeness (QED) is 0.914. The summed E-state index contributed by atoms with van der Waals surface area (Å²) < 4.78 is 26.4. The molecule has 3 rings (SSSR count). The van der Waals surface area contributed by atoms with Gasteiger partial charge in [0.25, 0.3) is 0 Å². The highest BCUT2D eigenvalue weighted by molar-refractivity contribution is 9.10. The molecule has 1 N–H and O–H groups in total. The van der Waals surface area contributed by atoms with Crippen LogP contribution in [-0.4, -0.2) is 19.8 Å². The molecule has 1 aliphatic heterocycles. The monoisotopic (exact) mass is 351 g/mol. The maximum Gasteiger partial charge on any atom is 0.161 e. The second kappa shape index (κ2) is 6.03. The standard InChI is InChI=1S/C16H15BrFNO2/c1-19-16(10-5-4-6-11(17)15(10)18)14-9-20-12-7-2-3-8-13(12)21-14/h2-8,14,16,19H,9H2,1H3. The molecule has 2 aromatic carbocycles. The number of hydrogen-bond donors (Lipinski definition) is 1. The number of fused-ring (bicyclic) bond motifs is 1. The van der Waals surface area contributed by atoms with E-state index in [1.807, 2.05) is 30.3 Å². The van der Waals surface area contributed by atoms with E-state index in [2.05, 4.69) is 21.2 Å². The zero-order valence-corrected chi connectivity index (χ0v) is 13.1. The predicted octanol–water partition coefficient (Wildman–Crippen LogP) is 3.69. The van der Waals surface area contributed by atoms with Crippen molar-refractivity contribution in [3.05, 3.63) is 58.3 Å². The zero-order valence-electron chi connectivity index (χ0n) is 11.5. The molecule has 1 heterocycles. The molecule has 0 saturated heterocycles. The van der Waals surface area contributed by atoms with Crippen molar-refractivity contribution in [3.8, 4) is 11.5 Å². The first-order valence-corrected chi connectivity index (χ1v) is 7.49. The average molecular weight is 352 g/mol. The second-order valence-corrected chi connectivity index (χ2v) is 5.68. The summed E-state index contributed by atoms with van der Waals surface area (Å²) in [7, 11) is 1.79. The van der Waals surface area contributed by atoms with Gasteiger partial charge in [-0.2, -0.15) is 0 Å². The van der Waals surface area contributed by atoms with E-state index in [-0.39, 0.29) is 18.0 Å². The van der Waals surface area contributed by atoms with Crippen molar-refractivity contribution < 1.29 is 13.9 Å². The fraction of sp³-hybridized carbons (Fsp3) is 0.250. The third-order valence-electron chi connectivity index (χ3n) is 3.53. The largest absolute Gasteiger partial charge is 0.486 e. The van der Waals surface area contributed by atoms with Crippen LogP contribution < -0.4 is 14.8 Å². The fourth-order valence-electron chi connectivity index (χ4n) is 2.50. The minimum atomic E-state index is -0.298. The Labute approximate surface area is 131 Å². The summed E-state index contributed by atoms with van der Waals surface area (Å²) in [5.41, 5.74) is 0.555. The van der Waals surface area contributed by atoms with Crippen molar-refractivity contribution in [2.75, 3.05) is 13.7 Å². The van der Waals surface area contributed by atoms with E-state index >= 15 is 0 Å². The molecule has 2 atom stereocenters. The first kappa shape index (κ1) is 14.4. The minimum Gasteiger partial charge on any atom is -0.486 e. The van der Waals surface area contributed by atoms with Gasteiger partial charge in [-0.15, -0.1) is 0 Å². The number of para-hydroxylation sites is 2. The molecule has 0 spiro atoms. The number of ether oxygens (including phenoxy) is 2. The van der Waals surface area contributed by atoms with E-state index in [9.17, 15) is 4.39 Å². The Balaban J connectivity index is 1.90. The smallest absolute Gasteiger partial charge is 0.161 e. The average Bonchev–Trinajstić information content (AvgIpc) is 2.52. The predicted molar refractivity (Wildman–Crippen MR) is 82.3 cm³/mol. The first-order valence-electron chi connectivity index (χ1n) is 6.70. The summed E-state index contributed by atoms with van der Waals surface area (Å²) in [6.07, 6.45) is -0.298. The lowest BCUT2D eigenvalue weighted by Crippen LogP contribution is -2.40. The van der Waals surface area contributed by atoms with Crippen LogP contribution in [0.5, 0.6) is 11.5 Å². The number of hydrogen-bond acceptors (Lipinski definition) is 3. The van der Waals surface area contributed by atoms with Crippen LogP contribution in [0.15, 0.2) is 46.9 Å². The molecule has 21 heavy (non-hydrogen) atoms. The van der Waals surface area contributed by atoms with Crippen LogP contribution in [-0.2, 0) is 0 Å². The number of rotatable bonds is 3. The van der Waals surface area contributed by atoms with Crippen molar-refractivity contribution in [1.82, 2.24) is 5.32 Å². The maximum atomic E-state index is 14.3. The van der Waals surface area contributed by atoms with E-state index < -0.39 is 0 Å². The van der Waals surface area contributed by atoms with E-state index in [1.165, 1.54) is 0 Å². The van der Waals surface area contributed by atoms with Crippen molar-refractivity contribution in [2.24, 2.45) is 0 Å². The fourth-order valence-corrected chi connectivity index (χ4v) is 2.88. The molecular formula is C16H15BrFNO2. The maximum absolute atomic E-state index is 14.3. The van der Waals surface area contributed by atoms with Crippen LogP contribution >= 0.6 is 15.9 Å². The Bertz CT molecular complexity index is 650. The zero-order chi connectivity index (χ0) is 14.8. The Morgan fingerprint density at radius 2 is 1.95 bits per heavy atom. The highest BCUT2D eigenvalue weighted by Crippen LogP contribution is 2.35. The summed E-state index contributed by atoms with van der Waals surface area (Å²) in [5, 5.41) is 3.12. The summed E-state index contributed by atoms with van der Waals surface area (Å²) >= 11 is 3.22. The molecule has 2 aromatic rings. The minimum absolute atomic E-state index is 0.278. The molecule has 0 bridgehead atoms. The number of likely N-dealkylation sites (N-methyl/N-ethyl adjacent to an activating group) is 1. The van der Waals surface area contributed by atoms with E-state index in [0.29, 0.717) is 22.4 Å². The Morgan fingerprint density at radius 1 is 1.19 bits per heavy atom. The van der Waals surface area contributed by atoms with Crippen LogP contribution in [0.4, 0.5) is 4.39 Å². The molecule has 0 saturated carbocycles. The molecule has 0 aliphatic carbocycles. The number of benzene rings is 2. The van der Waals surface area contributed by atoms with Crippen LogP contribution in [0.3, 0.4) is 0 Å². The molecule has 0 radical (unpaired) electrons. The number of halogens is 2. The Morgan fingerprint density at radius 3 is 2.71 bits per heavy atom. The second-order valence-electron chi connectivity index (χ2n) is 4.82. The molecule has 2 unspecified atom stereocenters. The van der Waals surface area contributed by atoms with Crippen molar-refractivity contribution in [2.45, 2.75) is 12.1 Å². The lowest BCUT2D eigenvalue weighted by atomic mass is 10.0. The van der Waals surface area contributed by atoms with Gasteiger partial charge in [-0.05, 0) is 41.2 Å². The lowest BCUT2D eigenvalue weighted by molar-refractivity contribution is 0.0628. The van der Waals surface area contributed by atoms with E-state index in [1.54, 1.807) is 19.2 Å². The molecular weight excluding hydrogens is 337 g/mol. The van der Waals surface area contributed by atoms with Gasteiger partial charge in [-0.1, -0.05) is 24.3 Å². The molecule has 0 amide bonds. The summed E-state index contributed by atoms with van der Waals surface area (Å²) in [6, 6.07) is 12.4. The van der Waals surface area contributed by atoms with Crippen LogP contribution in [0.25, 0.3) is 0 Å². The molecule has 1 aliphatic rings. The van der Waals surface area contributed by atoms with Crippen LogP contribution in [0.1, 0.15) is 11.6 Å². The van der Waals surface area contributed by atoms with Gasteiger partial charge in [0.2, 0.25) is 0 Å². The van der Waals surface area contributed by atoms with Crippen molar-refractivity contribution >= 4 is 15.9 Å². The first-order chi connectivity index (χ1) is 10.2. The van der Waals surface area contributed by atoms with Gasteiger partial charge in [-0.25, -0.2) is 4.39 Å². The summed E-state index contributed by atoms with van der Waals surface area (Å²) in [5.74, 6) is 1.13. The third-order valence-corrected chi connectivity index (χ3v) is 4.14. The van der Waals surface area contributed by atoms with Crippen molar-refractivity contribution in [3.63, 3.8) is 0 Å². The van der Waals surface area contributed by atoms with Gasteiger partial charge in [0.1, 0.15) is 12.4 Å². The van der Waals surface area contributed by atoms with Gasteiger partial charge >= 0.3 is 0 Å². The molecule has 3 nitrogen and oxygen atoms in total. The third kappa shape index (κ3) is 2.76. The summed E-state index contributed by atoms with van der Waals surface area (Å²) in [6.45, 7) is 0.370. The number of nitrogens with one attached hydrogen (secondary N) is 1. The van der Waals surface area contributed by atoms with Crippen molar-refractivity contribution in [1.29, 1.82) is 0 Å². The van der Waals surface area contributed by atoms with Gasteiger partial charge in [0, 0.05) is 5.56 Å². The topological polar surface area (TPSA) is 30.5 Å². The molecule has 110 valence electrons. The van der Waals surface area contributed by atoms with Gasteiger partial charge < -0.3 is 14.8 Å². The molecule has 0 fully saturated rings. The van der Waals surface area contributed by atoms with Crippen LogP contribution in [0.2, 0.25) is 0 Å². The molecule has 0 aromatic heterocycles. The van der Waals surface area contributed by atoms with Crippen LogP contribution in [0, 0.1) is 5.82 Å². The summed E-state index contributed by atoms with van der Waals surface area (Å²) in [4.78, 5) is 0. The molecule has 5 heteroatoms.